The quantitative estimate of drug-likeness (QED) is 0.718. The molecule has 3 rings (SSSR count). The van der Waals surface area contributed by atoms with Gasteiger partial charge >= 0.3 is 5.97 Å². The molecule has 1 atom stereocenters. The molecule has 0 aliphatic carbocycles. The van der Waals surface area contributed by atoms with Gasteiger partial charge in [0.1, 0.15) is 5.82 Å². The number of aliphatic hydroxyl groups excluding tert-OH is 1. The highest BCUT2D eigenvalue weighted by molar-refractivity contribution is 5.89. The number of aromatic nitrogens is 3. The minimum Gasteiger partial charge on any atom is -0.478 e. The van der Waals surface area contributed by atoms with Gasteiger partial charge in [-0.1, -0.05) is 6.92 Å². The van der Waals surface area contributed by atoms with E-state index in [-0.39, 0.29) is 18.5 Å². The number of hydrogen-bond donors (Lipinski definition) is 2. The third-order valence-corrected chi connectivity index (χ3v) is 4.14. The van der Waals surface area contributed by atoms with Crippen LogP contribution in [0.25, 0.3) is 10.9 Å². The maximum atomic E-state index is 13.7. The van der Waals surface area contributed by atoms with E-state index in [1.54, 1.807) is 10.7 Å². The molecule has 0 saturated heterocycles. The standard InChI is InChI=1S/C18H18FN3O3/c1-2-13(23)10-22-17-4-3-12(19)8-15(17)16(21-22)7-11-9-20-6-5-14(11)18(24)25/h3-6,8-9,13,23H,2,7,10H2,1H3,(H,24,25). The lowest BCUT2D eigenvalue weighted by Gasteiger charge is -2.08. The van der Waals surface area contributed by atoms with Crippen LogP contribution in [-0.2, 0) is 13.0 Å². The number of hydrogen-bond acceptors (Lipinski definition) is 4. The normalized spacial score (nSPS) is 12.4. The van der Waals surface area contributed by atoms with Crippen molar-refractivity contribution in [3.63, 3.8) is 0 Å². The Kier molecular flexibility index (Phi) is 4.76. The number of carboxylic acid groups (broad SMARTS) is 1. The van der Waals surface area contributed by atoms with Gasteiger partial charge < -0.3 is 10.2 Å². The maximum Gasteiger partial charge on any atom is 0.336 e. The third kappa shape index (κ3) is 3.51. The molecule has 0 aliphatic rings. The lowest BCUT2D eigenvalue weighted by atomic mass is 10.0. The van der Waals surface area contributed by atoms with Gasteiger partial charge in [-0.15, -0.1) is 0 Å². The molecular formula is C18H18FN3O3. The molecule has 1 aromatic carbocycles. The second kappa shape index (κ2) is 6.98. The average molecular weight is 343 g/mol. The summed E-state index contributed by atoms with van der Waals surface area (Å²) in [5.41, 5.74) is 1.89. The Hall–Kier alpha value is -2.80. The molecule has 130 valence electrons. The Bertz CT molecular complexity index is 923. The van der Waals surface area contributed by atoms with Crippen molar-refractivity contribution in [2.75, 3.05) is 0 Å². The number of halogens is 1. The molecule has 1 unspecified atom stereocenters. The molecule has 2 heterocycles. The van der Waals surface area contributed by atoms with Gasteiger partial charge in [0.15, 0.2) is 0 Å². The molecule has 6 nitrogen and oxygen atoms in total. The summed E-state index contributed by atoms with van der Waals surface area (Å²) >= 11 is 0. The molecular weight excluding hydrogens is 325 g/mol. The smallest absolute Gasteiger partial charge is 0.336 e. The summed E-state index contributed by atoms with van der Waals surface area (Å²) in [5.74, 6) is -1.44. The van der Waals surface area contributed by atoms with E-state index in [1.165, 1.54) is 30.6 Å². The fourth-order valence-electron chi connectivity index (χ4n) is 2.77. The van der Waals surface area contributed by atoms with E-state index < -0.39 is 17.9 Å². The molecule has 0 spiro atoms. The number of aliphatic hydroxyl groups is 1. The molecule has 0 saturated carbocycles. The van der Waals surface area contributed by atoms with Crippen molar-refractivity contribution in [3.05, 3.63) is 59.3 Å². The van der Waals surface area contributed by atoms with Gasteiger partial charge in [-0.3, -0.25) is 9.67 Å². The molecule has 0 amide bonds. The second-order valence-corrected chi connectivity index (χ2v) is 5.87. The summed E-state index contributed by atoms with van der Waals surface area (Å²) in [7, 11) is 0. The average Bonchev–Trinajstić information content (AvgIpc) is 2.91. The number of rotatable bonds is 6. The van der Waals surface area contributed by atoms with Gasteiger partial charge in [0, 0.05) is 24.2 Å². The Morgan fingerprint density at radius 2 is 2.16 bits per heavy atom. The Morgan fingerprint density at radius 1 is 1.36 bits per heavy atom. The van der Waals surface area contributed by atoms with Crippen molar-refractivity contribution in [1.82, 2.24) is 14.8 Å². The van der Waals surface area contributed by atoms with Gasteiger partial charge in [0.25, 0.3) is 0 Å². The Balaban J connectivity index is 2.07. The summed E-state index contributed by atoms with van der Waals surface area (Å²) < 4.78 is 15.3. The van der Waals surface area contributed by atoms with Crippen molar-refractivity contribution in [1.29, 1.82) is 0 Å². The topological polar surface area (TPSA) is 88.2 Å². The predicted molar refractivity (Wildman–Crippen MR) is 90.0 cm³/mol. The van der Waals surface area contributed by atoms with Crippen LogP contribution < -0.4 is 0 Å². The number of aromatic carboxylic acids is 1. The summed E-state index contributed by atoms with van der Waals surface area (Å²) in [6.07, 6.45) is 3.12. The first-order valence-corrected chi connectivity index (χ1v) is 7.98. The zero-order valence-electron chi connectivity index (χ0n) is 13.7. The Labute approximate surface area is 143 Å². The number of carbonyl (C=O) groups is 1. The maximum absolute atomic E-state index is 13.7. The van der Waals surface area contributed by atoms with Crippen LogP contribution >= 0.6 is 0 Å². The zero-order valence-corrected chi connectivity index (χ0v) is 13.7. The number of nitrogens with zero attached hydrogens (tertiary/aromatic N) is 3. The predicted octanol–water partition coefficient (Wildman–Crippen LogP) is 2.63. The van der Waals surface area contributed by atoms with Gasteiger partial charge in [-0.2, -0.15) is 5.10 Å². The first-order valence-electron chi connectivity index (χ1n) is 7.98. The van der Waals surface area contributed by atoms with Gasteiger partial charge in [0.05, 0.1) is 29.4 Å². The number of carboxylic acids is 1. The lowest BCUT2D eigenvalue weighted by Crippen LogP contribution is -2.15. The van der Waals surface area contributed by atoms with E-state index in [0.717, 1.165) is 0 Å². The van der Waals surface area contributed by atoms with Crippen molar-refractivity contribution in [2.45, 2.75) is 32.4 Å². The van der Waals surface area contributed by atoms with Crippen LogP contribution in [-0.4, -0.2) is 37.1 Å². The van der Waals surface area contributed by atoms with Crippen LogP contribution in [0.1, 0.15) is 35.0 Å². The SMILES string of the molecule is CCC(O)Cn1nc(Cc2cnccc2C(=O)O)c2cc(F)ccc21. The van der Waals surface area contributed by atoms with E-state index in [9.17, 15) is 19.4 Å². The fourth-order valence-corrected chi connectivity index (χ4v) is 2.77. The molecule has 0 fully saturated rings. The zero-order chi connectivity index (χ0) is 18.0. The molecule has 2 aromatic heterocycles. The van der Waals surface area contributed by atoms with Crippen molar-refractivity contribution < 1.29 is 19.4 Å². The van der Waals surface area contributed by atoms with E-state index in [4.69, 9.17) is 0 Å². The first kappa shape index (κ1) is 17.0. The Morgan fingerprint density at radius 3 is 2.88 bits per heavy atom. The summed E-state index contributed by atoms with van der Waals surface area (Å²) in [5, 5.41) is 24.3. The van der Waals surface area contributed by atoms with Gasteiger partial charge in [-0.25, -0.2) is 9.18 Å². The van der Waals surface area contributed by atoms with Crippen LogP contribution in [0.5, 0.6) is 0 Å². The molecule has 7 heteroatoms. The summed E-state index contributed by atoms with van der Waals surface area (Å²) in [4.78, 5) is 15.4. The van der Waals surface area contributed by atoms with Crippen LogP contribution in [0.15, 0.2) is 36.7 Å². The van der Waals surface area contributed by atoms with Gasteiger partial charge in [-0.05, 0) is 36.2 Å². The van der Waals surface area contributed by atoms with E-state index >= 15 is 0 Å². The van der Waals surface area contributed by atoms with Crippen LogP contribution in [0.3, 0.4) is 0 Å². The molecule has 0 bridgehead atoms. The second-order valence-electron chi connectivity index (χ2n) is 5.87. The van der Waals surface area contributed by atoms with Crippen LogP contribution in [0.2, 0.25) is 0 Å². The van der Waals surface area contributed by atoms with E-state index in [1.807, 2.05) is 6.92 Å². The first-order chi connectivity index (χ1) is 12.0. The monoisotopic (exact) mass is 343 g/mol. The van der Waals surface area contributed by atoms with E-state index in [2.05, 4.69) is 10.1 Å². The molecule has 2 N–H and O–H groups in total. The van der Waals surface area contributed by atoms with Crippen molar-refractivity contribution >= 4 is 16.9 Å². The fraction of sp³-hybridized carbons (Fsp3) is 0.278. The highest BCUT2D eigenvalue weighted by Crippen LogP contribution is 2.24. The molecule has 25 heavy (non-hydrogen) atoms. The minimum atomic E-state index is -1.05. The molecule has 3 aromatic rings. The third-order valence-electron chi connectivity index (χ3n) is 4.14. The minimum absolute atomic E-state index is 0.141. The highest BCUT2D eigenvalue weighted by Gasteiger charge is 2.17. The lowest BCUT2D eigenvalue weighted by molar-refractivity contribution is 0.0695. The largest absolute Gasteiger partial charge is 0.478 e. The summed E-state index contributed by atoms with van der Waals surface area (Å²) in [6, 6.07) is 5.77. The van der Waals surface area contributed by atoms with Gasteiger partial charge in [0.2, 0.25) is 0 Å². The summed E-state index contributed by atoms with van der Waals surface area (Å²) in [6.45, 7) is 2.16. The van der Waals surface area contributed by atoms with Crippen LogP contribution in [0, 0.1) is 5.82 Å². The molecule has 0 radical (unpaired) electrons. The van der Waals surface area contributed by atoms with Crippen molar-refractivity contribution in [2.24, 2.45) is 0 Å². The van der Waals surface area contributed by atoms with Crippen molar-refractivity contribution in [3.8, 4) is 0 Å². The highest BCUT2D eigenvalue weighted by atomic mass is 19.1. The molecule has 0 aliphatic heterocycles. The van der Waals surface area contributed by atoms with E-state index in [0.29, 0.717) is 28.6 Å². The number of pyridine rings is 1. The van der Waals surface area contributed by atoms with Crippen LogP contribution in [0.4, 0.5) is 4.39 Å². The number of fused-ring (bicyclic) bond motifs is 1. The number of benzene rings is 1.